The van der Waals surface area contributed by atoms with Crippen molar-refractivity contribution in [1.82, 2.24) is 9.78 Å². The Labute approximate surface area is 179 Å². The molecule has 3 rings (SSSR count). The van der Waals surface area contributed by atoms with Gasteiger partial charge < -0.3 is 15.4 Å². The molecule has 1 aromatic carbocycles. The molecule has 8 heteroatoms. The highest BCUT2D eigenvalue weighted by atomic mass is 32.1. The van der Waals surface area contributed by atoms with Crippen LogP contribution in [0.15, 0.2) is 36.4 Å². The summed E-state index contributed by atoms with van der Waals surface area (Å²) >= 11 is 6.98. The summed E-state index contributed by atoms with van der Waals surface area (Å²) in [5, 5.41) is 11.9. The van der Waals surface area contributed by atoms with Crippen LogP contribution in [0.5, 0.6) is 0 Å². The number of carbonyl (C=O) groups excluding carboxylic acids is 1. The van der Waals surface area contributed by atoms with Gasteiger partial charge in [0.25, 0.3) is 0 Å². The van der Waals surface area contributed by atoms with Crippen LogP contribution in [0.25, 0.3) is 10.4 Å². The van der Waals surface area contributed by atoms with Crippen molar-refractivity contribution in [2.45, 2.75) is 34.2 Å². The van der Waals surface area contributed by atoms with Crippen LogP contribution in [-0.2, 0) is 11.3 Å². The fourth-order valence-corrected chi connectivity index (χ4v) is 4.35. The molecule has 0 saturated heterocycles. The Hall–Kier alpha value is -2.71. The summed E-state index contributed by atoms with van der Waals surface area (Å²) < 4.78 is 7.14. The summed E-state index contributed by atoms with van der Waals surface area (Å²) in [4.78, 5) is 13.4. The maximum atomic E-state index is 12.5. The van der Waals surface area contributed by atoms with Crippen molar-refractivity contribution >= 4 is 45.3 Å². The van der Waals surface area contributed by atoms with E-state index in [0.29, 0.717) is 22.3 Å². The normalized spacial score (nSPS) is 10.6. The molecular weight excluding hydrogens is 404 g/mol. The van der Waals surface area contributed by atoms with Gasteiger partial charge in [0.15, 0.2) is 5.11 Å². The summed E-state index contributed by atoms with van der Waals surface area (Å²) in [6, 6.07) is 11.8. The summed E-state index contributed by atoms with van der Waals surface area (Å²) in [6.07, 6.45) is 0. The van der Waals surface area contributed by atoms with Crippen LogP contribution in [0.2, 0.25) is 0 Å². The zero-order valence-corrected chi connectivity index (χ0v) is 18.5. The largest absolute Gasteiger partial charge is 0.462 e. The van der Waals surface area contributed by atoms with E-state index < -0.39 is 0 Å². The first-order chi connectivity index (χ1) is 13.9. The van der Waals surface area contributed by atoms with Crippen LogP contribution in [0.3, 0.4) is 0 Å². The molecule has 152 valence electrons. The summed E-state index contributed by atoms with van der Waals surface area (Å²) in [7, 11) is 0. The number of ether oxygens (including phenoxy) is 1. The van der Waals surface area contributed by atoms with E-state index in [1.807, 2.05) is 61.9 Å². The number of rotatable bonds is 6. The molecule has 0 radical (unpaired) electrons. The molecule has 2 aromatic heterocycles. The zero-order valence-electron chi connectivity index (χ0n) is 16.9. The number of thiophene rings is 1. The molecule has 0 bridgehead atoms. The number of esters is 1. The molecule has 3 aromatic rings. The molecule has 0 aliphatic carbocycles. The van der Waals surface area contributed by atoms with Crippen LogP contribution in [0, 0.1) is 13.8 Å². The SMILES string of the molecule is CCOC(=O)c1cc(-c2ccccc2)sc1NC(=S)Nc1c(C)nn(CC)c1C. The molecule has 6 nitrogen and oxygen atoms in total. The average molecular weight is 429 g/mol. The monoisotopic (exact) mass is 428 g/mol. The fourth-order valence-electron chi connectivity index (χ4n) is 3.02. The summed E-state index contributed by atoms with van der Waals surface area (Å²) in [5.74, 6) is -0.373. The molecule has 0 amide bonds. The lowest BCUT2D eigenvalue weighted by molar-refractivity contribution is 0.0528. The highest BCUT2D eigenvalue weighted by Crippen LogP contribution is 2.36. The lowest BCUT2D eigenvalue weighted by Gasteiger charge is -2.11. The van der Waals surface area contributed by atoms with Gasteiger partial charge in [0.05, 0.1) is 29.2 Å². The average Bonchev–Trinajstić information content (AvgIpc) is 3.25. The van der Waals surface area contributed by atoms with E-state index in [4.69, 9.17) is 17.0 Å². The molecule has 29 heavy (non-hydrogen) atoms. The van der Waals surface area contributed by atoms with Gasteiger partial charge in [-0.1, -0.05) is 30.3 Å². The van der Waals surface area contributed by atoms with E-state index in [1.54, 1.807) is 6.92 Å². The fraction of sp³-hybridized carbons (Fsp3) is 0.286. The lowest BCUT2D eigenvalue weighted by Crippen LogP contribution is -2.20. The lowest BCUT2D eigenvalue weighted by atomic mass is 10.1. The Balaban J connectivity index is 1.87. The highest BCUT2D eigenvalue weighted by Gasteiger charge is 2.20. The maximum Gasteiger partial charge on any atom is 0.341 e. The Morgan fingerprint density at radius 2 is 1.93 bits per heavy atom. The van der Waals surface area contributed by atoms with Crippen molar-refractivity contribution in [3.05, 3.63) is 53.3 Å². The first-order valence-electron chi connectivity index (χ1n) is 9.42. The Morgan fingerprint density at radius 3 is 2.55 bits per heavy atom. The number of hydrogen-bond acceptors (Lipinski definition) is 5. The minimum atomic E-state index is -0.373. The predicted molar refractivity (Wildman–Crippen MR) is 123 cm³/mol. The van der Waals surface area contributed by atoms with Crippen LogP contribution < -0.4 is 10.6 Å². The number of thiocarbonyl (C=S) groups is 1. The predicted octanol–water partition coefficient (Wildman–Crippen LogP) is 5.23. The minimum Gasteiger partial charge on any atom is -0.462 e. The van der Waals surface area contributed by atoms with Crippen molar-refractivity contribution in [3.63, 3.8) is 0 Å². The second-order valence-electron chi connectivity index (χ2n) is 6.38. The second-order valence-corrected chi connectivity index (χ2v) is 7.84. The molecule has 0 aliphatic rings. The summed E-state index contributed by atoms with van der Waals surface area (Å²) in [5.41, 5.74) is 4.26. The molecule has 0 spiro atoms. The highest BCUT2D eigenvalue weighted by molar-refractivity contribution is 7.80. The number of aryl methyl sites for hydroxylation is 2. The van der Waals surface area contributed by atoms with Gasteiger partial charge in [-0.2, -0.15) is 5.10 Å². The third kappa shape index (κ3) is 4.65. The van der Waals surface area contributed by atoms with Gasteiger partial charge in [-0.05, 0) is 51.5 Å². The van der Waals surface area contributed by atoms with Gasteiger partial charge in [-0.3, -0.25) is 4.68 Å². The Kier molecular flexibility index (Phi) is 6.66. The number of benzene rings is 1. The van der Waals surface area contributed by atoms with E-state index in [2.05, 4.69) is 15.7 Å². The molecule has 0 atom stereocenters. The van der Waals surface area contributed by atoms with E-state index in [0.717, 1.165) is 34.1 Å². The third-order valence-corrected chi connectivity index (χ3v) is 5.74. The molecule has 2 heterocycles. The Morgan fingerprint density at radius 1 is 1.21 bits per heavy atom. The van der Waals surface area contributed by atoms with Crippen molar-refractivity contribution in [3.8, 4) is 10.4 Å². The smallest absolute Gasteiger partial charge is 0.341 e. The van der Waals surface area contributed by atoms with Gasteiger partial charge >= 0.3 is 5.97 Å². The molecule has 0 saturated carbocycles. The van der Waals surface area contributed by atoms with Crippen LogP contribution in [-0.4, -0.2) is 27.5 Å². The maximum absolute atomic E-state index is 12.5. The van der Waals surface area contributed by atoms with Gasteiger partial charge in [-0.15, -0.1) is 11.3 Å². The molecule has 0 aliphatic heterocycles. The second kappa shape index (κ2) is 9.19. The van der Waals surface area contributed by atoms with Crippen LogP contribution in [0.4, 0.5) is 10.7 Å². The number of nitrogens with one attached hydrogen (secondary N) is 2. The molecular formula is C21H24N4O2S2. The summed E-state index contributed by atoms with van der Waals surface area (Å²) in [6.45, 7) is 8.86. The van der Waals surface area contributed by atoms with Gasteiger partial charge in [0, 0.05) is 11.4 Å². The third-order valence-electron chi connectivity index (χ3n) is 4.43. The van der Waals surface area contributed by atoms with E-state index in [1.165, 1.54) is 11.3 Å². The van der Waals surface area contributed by atoms with E-state index in [9.17, 15) is 4.79 Å². The van der Waals surface area contributed by atoms with Gasteiger partial charge in [-0.25, -0.2) is 4.79 Å². The number of hydrogen-bond donors (Lipinski definition) is 2. The van der Waals surface area contributed by atoms with Gasteiger partial charge in [0.1, 0.15) is 5.00 Å². The van der Waals surface area contributed by atoms with Crippen molar-refractivity contribution in [2.75, 3.05) is 17.2 Å². The number of anilines is 2. The van der Waals surface area contributed by atoms with Crippen molar-refractivity contribution < 1.29 is 9.53 Å². The Bertz CT molecular complexity index is 1020. The van der Waals surface area contributed by atoms with Crippen molar-refractivity contribution in [1.29, 1.82) is 0 Å². The number of aromatic nitrogens is 2. The standard InChI is InChI=1S/C21H24N4O2S2/c1-5-25-14(4)18(13(3)24-25)22-21(28)23-19-16(20(26)27-6-2)12-17(29-19)15-10-8-7-9-11-15/h7-12H,5-6H2,1-4H3,(H2,22,23,28). The quantitative estimate of drug-likeness (QED) is 0.414. The molecule has 0 fully saturated rings. The zero-order chi connectivity index (χ0) is 21.0. The number of nitrogens with zero attached hydrogens (tertiary/aromatic N) is 2. The first kappa shape index (κ1) is 21.0. The topological polar surface area (TPSA) is 68.2 Å². The molecule has 0 unspecified atom stereocenters. The van der Waals surface area contributed by atoms with Crippen LogP contribution >= 0.6 is 23.6 Å². The first-order valence-corrected chi connectivity index (χ1v) is 10.6. The van der Waals surface area contributed by atoms with Crippen LogP contribution in [0.1, 0.15) is 35.6 Å². The number of carbonyl (C=O) groups is 1. The van der Waals surface area contributed by atoms with Crippen molar-refractivity contribution in [2.24, 2.45) is 0 Å². The van der Waals surface area contributed by atoms with E-state index in [-0.39, 0.29) is 5.97 Å². The molecule has 2 N–H and O–H groups in total. The van der Waals surface area contributed by atoms with Gasteiger partial charge in [0.2, 0.25) is 0 Å². The minimum absolute atomic E-state index is 0.312. The van der Waals surface area contributed by atoms with E-state index >= 15 is 0 Å².